The quantitative estimate of drug-likeness (QED) is 0.724. The van der Waals surface area contributed by atoms with E-state index in [1.807, 2.05) is 19.9 Å². The van der Waals surface area contributed by atoms with Crippen molar-refractivity contribution >= 4 is 11.5 Å². The molecule has 7 nitrogen and oxygen atoms in total. The zero-order valence-corrected chi connectivity index (χ0v) is 16.7. The van der Waals surface area contributed by atoms with E-state index in [2.05, 4.69) is 26.7 Å². The van der Waals surface area contributed by atoms with E-state index in [9.17, 15) is 4.39 Å². The van der Waals surface area contributed by atoms with Crippen molar-refractivity contribution in [3.8, 4) is 0 Å². The highest BCUT2D eigenvalue weighted by Gasteiger charge is 2.27. The van der Waals surface area contributed by atoms with E-state index >= 15 is 0 Å². The smallest absolute Gasteiger partial charge is 0.132 e. The molecule has 1 aliphatic heterocycles. The van der Waals surface area contributed by atoms with Crippen molar-refractivity contribution in [1.82, 2.24) is 14.9 Å². The van der Waals surface area contributed by atoms with E-state index in [-0.39, 0.29) is 11.8 Å². The maximum Gasteiger partial charge on any atom is 0.132 e. The monoisotopic (exact) mass is 388 g/mol. The zero-order chi connectivity index (χ0) is 20.3. The first-order valence-corrected chi connectivity index (χ1v) is 9.77. The van der Waals surface area contributed by atoms with Gasteiger partial charge in [0.05, 0.1) is 23.6 Å². The summed E-state index contributed by atoms with van der Waals surface area (Å²) in [5.74, 6) is 0.377. The Hall–Kier alpha value is -2.16. The summed E-state index contributed by atoms with van der Waals surface area (Å²) >= 11 is 0. The first kappa shape index (κ1) is 20.6. The van der Waals surface area contributed by atoms with E-state index in [4.69, 9.17) is 15.9 Å². The number of likely N-dealkylation sites (N-methyl/N-ethyl adjacent to an activating group) is 1. The number of aromatic nitrogens is 2. The van der Waals surface area contributed by atoms with Crippen molar-refractivity contribution < 1.29 is 9.13 Å². The van der Waals surface area contributed by atoms with Gasteiger partial charge >= 0.3 is 0 Å². The molecule has 1 aliphatic carbocycles. The standard InChI is InChI=1S/C20H29FN6O/c1-4-26-5-7-27(8-6-26)19-11-17(24-12-25-19)20(23)14-9-18(28-13(2)3)15(21)10-16(14)22/h9-13,16,18,23H,4-8,22H2,1-3H3. The lowest BCUT2D eigenvalue weighted by molar-refractivity contribution is 0.0420. The predicted octanol–water partition coefficient (Wildman–Crippen LogP) is 1.90. The SMILES string of the molecule is CCN1CCN(c2cc(C(=N)C3=CC(OC(C)C)C(F)=CC3N)ncn2)CC1. The molecule has 2 unspecified atom stereocenters. The van der Waals surface area contributed by atoms with E-state index in [0.29, 0.717) is 11.3 Å². The minimum Gasteiger partial charge on any atom is -0.364 e. The molecule has 1 saturated heterocycles. The van der Waals surface area contributed by atoms with Crippen LogP contribution in [0, 0.1) is 5.41 Å². The summed E-state index contributed by atoms with van der Waals surface area (Å²) in [6.45, 7) is 10.6. The molecule has 0 amide bonds. The van der Waals surface area contributed by atoms with Gasteiger partial charge in [0, 0.05) is 32.2 Å². The van der Waals surface area contributed by atoms with Crippen LogP contribution in [0.15, 0.2) is 35.9 Å². The molecule has 0 saturated carbocycles. The van der Waals surface area contributed by atoms with E-state index in [1.165, 1.54) is 12.4 Å². The molecule has 28 heavy (non-hydrogen) atoms. The summed E-state index contributed by atoms with van der Waals surface area (Å²) in [5.41, 5.74) is 7.23. The molecule has 0 aromatic carbocycles. The molecule has 3 N–H and O–H groups in total. The van der Waals surface area contributed by atoms with Gasteiger partial charge in [-0.3, -0.25) is 5.41 Å². The highest BCUT2D eigenvalue weighted by Crippen LogP contribution is 2.25. The number of ether oxygens (including phenoxy) is 1. The molecule has 2 heterocycles. The van der Waals surface area contributed by atoms with Crippen LogP contribution in [-0.4, -0.2) is 71.6 Å². The molecule has 3 rings (SSSR count). The maximum atomic E-state index is 14.2. The molecule has 2 aliphatic rings. The summed E-state index contributed by atoms with van der Waals surface area (Å²) < 4.78 is 19.8. The van der Waals surface area contributed by atoms with Crippen LogP contribution in [0.1, 0.15) is 26.5 Å². The number of rotatable bonds is 6. The molecule has 0 bridgehead atoms. The lowest BCUT2D eigenvalue weighted by atomic mass is 9.93. The van der Waals surface area contributed by atoms with Gasteiger partial charge in [-0.2, -0.15) is 0 Å². The van der Waals surface area contributed by atoms with Gasteiger partial charge in [-0.05, 0) is 38.1 Å². The molecule has 152 valence electrons. The third-order valence-corrected chi connectivity index (χ3v) is 5.06. The molecule has 1 aromatic heterocycles. The van der Waals surface area contributed by atoms with E-state index in [0.717, 1.165) is 38.5 Å². The first-order valence-electron chi connectivity index (χ1n) is 9.77. The Morgan fingerprint density at radius 3 is 2.64 bits per heavy atom. The van der Waals surface area contributed by atoms with Gasteiger partial charge in [-0.25, -0.2) is 14.4 Å². The van der Waals surface area contributed by atoms with Crippen molar-refractivity contribution in [2.45, 2.75) is 39.0 Å². The fourth-order valence-corrected chi connectivity index (χ4v) is 3.46. The second kappa shape index (κ2) is 8.89. The van der Waals surface area contributed by atoms with Crippen molar-refractivity contribution in [2.24, 2.45) is 5.73 Å². The van der Waals surface area contributed by atoms with E-state index < -0.39 is 18.0 Å². The molecular weight excluding hydrogens is 359 g/mol. The third-order valence-electron chi connectivity index (χ3n) is 5.06. The summed E-state index contributed by atoms with van der Waals surface area (Å²) in [7, 11) is 0. The topological polar surface area (TPSA) is 91.4 Å². The molecule has 2 atom stereocenters. The van der Waals surface area contributed by atoms with Crippen LogP contribution in [0.2, 0.25) is 0 Å². The molecule has 1 fully saturated rings. The predicted molar refractivity (Wildman–Crippen MR) is 108 cm³/mol. The largest absolute Gasteiger partial charge is 0.364 e. The van der Waals surface area contributed by atoms with Crippen molar-refractivity contribution in [3.05, 3.63) is 41.6 Å². The van der Waals surface area contributed by atoms with Gasteiger partial charge in [0.25, 0.3) is 0 Å². The summed E-state index contributed by atoms with van der Waals surface area (Å²) in [5, 5.41) is 8.59. The van der Waals surface area contributed by atoms with Crippen LogP contribution < -0.4 is 10.6 Å². The van der Waals surface area contributed by atoms with Crippen LogP contribution in [0.5, 0.6) is 0 Å². The second-order valence-corrected chi connectivity index (χ2v) is 7.36. The normalized spacial score (nSPS) is 23.6. The third kappa shape index (κ3) is 4.63. The van der Waals surface area contributed by atoms with Gasteiger partial charge in [0.15, 0.2) is 0 Å². The minimum absolute atomic E-state index is 0.141. The van der Waals surface area contributed by atoms with E-state index in [1.54, 1.807) is 6.08 Å². The number of nitrogens with two attached hydrogens (primary N) is 1. The molecule has 1 aromatic rings. The number of nitrogens with zero attached hydrogens (tertiary/aromatic N) is 4. The maximum absolute atomic E-state index is 14.2. The lowest BCUT2D eigenvalue weighted by Crippen LogP contribution is -2.46. The Morgan fingerprint density at radius 1 is 1.29 bits per heavy atom. The fraction of sp³-hybridized carbons (Fsp3) is 0.550. The highest BCUT2D eigenvalue weighted by atomic mass is 19.1. The van der Waals surface area contributed by atoms with Gasteiger partial charge in [0.2, 0.25) is 0 Å². The molecule has 8 heteroatoms. The Bertz CT molecular complexity index is 770. The van der Waals surface area contributed by atoms with Crippen LogP contribution in [-0.2, 0) is 4.74 Å². The number of hydrogen-bond acceptors (Lipinski definition) is 7. The summed E-state index contributed by atoms with van der Waals surface area (Å²) in [6, 6.07) is 1.11. The lowest BCUT2D eigenvalue weighted by Gasteiger charge is -2.34. The van der Waals surface area contributed by atoms with Crippen LogP contribution >= 0.6 is 0 Å². The van der Waals surface area contributed by atoms with Gasteiger partial charge in [-0.1, -0.05) is 6.92 Å². The fourth-order valence-electron chi connectivity index (χ4n) is 3.46. The van der Waals surface area contributed by atoms with Gasteiger partial charge in [-0.15, -0.1) is 0 Å². The van der Waals surface area contributed by atoms with Crippen LogP contribution in [0.3, 0.4) is 0 Å². The van der Waals surface area contributed by atoms with Crippen molar-refractivity contribution in [1.29, 1.82) is 5.41 Å². The Kier molecular flexibility index (Phi) is 6.53. The number of hydrogen-bond donors (Lipinski definition) is 2. The molecular formula is C20H29FN6O. The number of nitrogens with one attached hydrogen (secondary N) is 1. The Balaban J connectivity index is 1.79. The average Bonchev–Trinajstić information content (AvgIpc) is 2.69. The highest BCUT2D eigenvalue weighted by molar-refractivity contribution is 6.10. The zero-order valence-electron chi connectivity index (χ0n) is 16.7. The average molecular weight is 388 g/mol. The summed E-state index contributed by atoms with van der Waals surface area (Å²) in [4.78, 5) is 13.2. The van der Waals surface area contributed by atoms with Crippen LogP contribution in [0.4, 0.5) is 10.2 Å². The Labute approximate surface area is 165 Å². The molecule has 0 radical (unpaired) electrons. The van der Waals surface area contributed by atoms with Crippen molar-refractivity contribution in [2.75, 3.05) is 37.6 Å². The molecule has 0 spiro atoms. The first-order chi connectivity index (χ1) is 13.4. The number of anilines is 1. The second-order valence-electron chi connectivity index (χ2n) is 7.36. The number of halogens is 1. The van der Waals surface area contributed by atoms with Gasteiger partial charge < -0.3 is 20.3 Å². The number of piperazine rings is 1. The minimum atomic E-state index is -0.821. The van der Waals surface area contributed by atoms with Crippen LogP contribution in [0.25, 0.3) is 0 Å². The van der Waals surface area contributed by atoms with Gasteiger partial charge in [0.1, 0.15) is 24.1 Å². The summed E-state index contributed by atoms with van der Waals surface area (Å²) in [6.07, 6.45) is 3.41. The Morgan fingerprint density at radius 2 is 2.00 bits per heavy atom. The van der Waals surface area contributed by atoms with Crippen molar-refractivity contribution in [3.63, 3.8) is 0 Å².